The van der Waals surface area contributed by atoms with Gasteiger partial charge in [-0.05, 0) is 70.3 Å². The zero-order valence-corrected chi connectivity index (χ0v) is 22.2. The van der Waals surface area contributed by atoms with Gasteiger partial charge in [-0.3, -0.25) is 0 Å². The molecule has 2 heterocycles. The van der Waals surface area contributed by atoms with Crippen molar-refractivity contribution >= 4 is 53.2 Å². The first kappa shape index (κ1) is 21.3. The number of para-hydroxylation sites is 1. The van der Waals surface area contributed by atoms with Crippen LogP contribution in [0.1, 0.15) is 5.56 Å². The first-order valence-electron chi connectivity index (χ1n) is 13.4. The molecule has 0 radical (unpaired) electrons. The van der Waals surface area contributed by atoms with E-state index in [1.807, 2.05) is 11.3 Å². The Kier molecular flexibility index (Phi) is 4.20. The molecule has 9 rings (SSSR count). The molecule has 6 aromatic carbocycles. The van der Waals surface area contributed by atoms with E-state index in [1.165, 1.54) is 86.6 Å². The highest BCUT2D eigenvalue weighted by atomic mass is 32.1. The molecule has 39 heavy (non-hydrogen) atoms. The van der Waals surface area contributed by atoms with Crippen molar-refractivity contribution in [3.8, 4) is 39.2 Å². The summed E-state index contributed by atoms with van der Waals surface area (Å²) in [5.41, 5.74) is 11.6. The molecule has 0 N–H and O–H groups in total. The highest BCUT2D eigenvalue weighted by Crippen LogP contribution is 2.53. The average Bonchev–Trinajstić information content (AvgIpc) is 3.61. The second kappa shape index (κ2) is 7.69. The number of hydrogen-bond donors (Lipinski definition) is 0. The minimum absolute atomic E-state index is 1.20. The van der Waals surface area contributed by atoms with E-state index in [4.69, 9.17) is 0 Å². The van der Waals surface area contributed by atoms with Crippen molar-refractivity contribution in [1.82, 2.24) is 4.57 Å². The van der Waals surface area contributed by atoms with Gasteiger partial charge in [-0.25, -0.2) is 0 Å². The summed E-state index contributed by atoms with van der Waals surface area (Å²) in [5, 5.41) is 6.67. The number of thiophene rings is 1. The number of nitrogens with zero attached hydrogens (tertiary/aromatic N) is 1. The Balaban J connectivity index is 1.32. The average molecular weight is 514 g/mol. The molecule has 0 aliphatic heterocycles. The van der Waals surface area contributed by atoms with Gasteiger partial charge in [0.05, 0.1) is 11.2 Å². The molecule has 2 aromatic heterocycles. The van der Waals surface area contributed by atoms with Crippen LogP contribution in [-0.2, 0) is 0 Å². The molecule has 8 aromatic rings. The monoisotopic (exact) mass is 513 g/mol. The largest absolute Gasteiger partial charge is 0.309 e. The van der Waals surface area contributed by atoms with Crippen LogP contribution in [0.2, 0.25) is 0 Å². The van der Waals surface area contributed by atoms with Gasteiger partial charge in [0.1, 0.15) is 0 Å². The molecule has 182 valence electrons. The summed E-state index contributed by atoms with van der Waals surface area (Å²) in [6, 6.07) is 45.0. The smallest absolute Gasteiger partial charge is 0.0626 e. The first-order chi connectivity index (χ1) is 19.2. The fourth-order valence-corrected chi connectivity index (χ4v) is 7.89. The predicted octanol–water partition coefficient (Wildman–Crippen LogP) is 10.8. The second-order valence-electron chi connectivity index (χ2n) is 10.6. The topological polar surface area (TPSA) is 4.93 Å². The van der Waals surface area contributed by atoms with Crippen molar-refractivity contribution in [1.29, 1.82) is 0 Å². The van der Waals surface area contributed by atoms with E-state index in [0.29, 0.717) is 0 Å². The minimum atomic E-state index is 1.20. The Bertz CT molecular complexity index is 2280. The Morgan fingerprint density at radius 3 is 2.08 bits per heavy atom. The quantitative estimate of drug-likeness (QED) is 0.217. The molecule has 0 atom stereocenters. The zero-order chi connectivity index (χ0) is 25.7. The maximum Gasteiger partial charge on any atom is 0.0626 e. The van der Waals surface area contributed by atoms with Crippen LogP contribution in [0.25, 0.3) is 81.0 Å². The summed E-state index contributed by atoms with van der Waals surface area (Å²) in [6.07, 6.45) is 0. The molecule has 0 saturated heterocycles. The van der Waals surface area contributed by atoms with Crippen molar-refractivity contribution in [2.24, 2.45) is 0 Å². The van der Waals surface area contributed by atoms with E-state index in [2.05, 4.69) is 133 Å². The third-order valence-electron chi connectivity index (χ3n) is 8.37. The predicted molar refractivity (Wildman–Crippen MR) is 168 cm³/mol. The van der Waals surface area contributed by atoms with Gasteiger partial charge in [0.25, 0.3) is 0 Å². The van der Waals surface area contributed by atoms with Crippen molar-refractivity contribution in [3.63, 3.8) is 0 Å². The highest BCUT2D eigenvalue weighted by Gasteiger charge is 2.29. The fourth-order valence-electron chi connectivity index (χ4n) is 6.65. The lowest BCUT2D eigenvalue weighted by Crippen LogP contribution is -1.96. The lowest BCUT2D eigenvalue weighted by molar-refractivity contribution is 1.14. The normalized spacial score (nSPS) is 12.2. The molecule has 0 saturated carbocycles. The summed E-state index contributed by atoms with van der Waals surface area (Å²) in [4.78, 5) is 0. The van der Waals surface area contributed by atoms with Crippen LogP contribution in [0.4, 0.5) is 0 Å². The molecule has 0 amide bonds. The van der Waals surface area contributed by atoms with E-state index < -0.39 is 0 Å². The van der Waals surface area contributed by atoms with E-state index in [0.717, 1.165) is 0 Å². The summed E-state index contributed by atoms with van der Waals surface area (Å²) in [6.45, 7) is 2.17. The molecule has 1 aliphatic carbocycles. The SMILES string of the molecule is Cc1ccc2c(c1)sc1cc(-c3ccc4c5c(n(-c6ccccc6)c4c3)-c3cccc4cccc-5c34)ccc12. The molecule has 1 aliphatic rings. The van der Waals surface area contributed by atoms with Gasteiger partial charge >= 0.3 is 0 Å². The lowest BCUT2D eigenvalue weighted by atomic mass is 9.99. The zero-order valence-electron chi connectivity index (χ0n) is 21.4. The third kappa shape index (κ3) is 2.90. The van der Waals surface area contributed by atoms with Crippen LogP contribution >= 0.6 is 11.3 Å². The number of hydrogen-bond acceptors (Lipinski definition) is 1. The van der Waals surface area contributed by atoms with Gasteiger partial charge in [-0.15, -0.1) is 11.3 Å². The number of aryl methyl sites for hydroxylation is 1. The van der Waals surface area contributed by atoms with Gasteiger partial charge in [0.15, 0.2) is 0 Å². The van der Waals surface area contributed by atoms with Gasteiger partial charge in [-0.2, -0.15) is 0 Å². The Labute approximate surface area is 230 Å². The highest BCUT2D eigenvalue weighted by molar-refractivity contribution is 7.25. The van der Waals surface area contributed by atoms with Gasteiger partial charge in [0.2, 0.25) is 0 Å². The fraction of sp³-hybridized carbons (Fsp3) is 0.0270. The maximum atomic E-state index is 2.48. The number of fused-ring (bicyclic) bond motifs is 8. The van der Waals surface area contributed by atoms with Crippen molar-refractivity contribution < 1.29 is 0 Å². The van der Waals surface area contributed by atoms with Crippen molar-refractivity contribution in [3.05, 3.63) is 127 Å². The van der Waals surface area contributed by atoms with Crippen molar-refractivity contribution in [2.45, 2.75) is 6.92 Å². The number of aromatic nitrogens is 1. The van der Waals surface area contributed by atoms with E-state index in [1.54, 1.807) is 0 Å². The van der Waals surface area contributed by atoms with Gasteiger partial charge < -0.3 is 4.57 Å². The maximum absolute atomic E-state index is 2.48. The minimum Gasteiger partial charge on any atom is -0.309 e. The molecule has 0 bridgehead atoms. The second-order valence-corrected chi connectivity index (χ2v) is 11.7. The van der Waals surface area contributed by atoms with E-state index in [9.17, 15) is 0 Å². The van der Waals surface area contributed by atoms with Crippen LogP contribution in [-0.4, -0.2) is 4.57 Å². The molecule has 0 fully saturated rings. The molecular formula is C37H23NS. The van der Waals surface area contributed by atoms with Crippen LogP contribution in [0.5, 0.6) is 0 Å². The van der Waals surface area contributed by atoms with Crippen LogP contribution in [0.3, 0.4) is 0 Å². The summed E-state index contributed by atoms with van der Waals surface area (Å²) in [7, 11) is 0. The number of rotatable bonds is 2. The van der Waals surface area contributed by atoms with Crippen LogP contribution in [0, 0.1) is 6.92 Å². The lowest BCUT2D eigenvalue weighted by Gasteiger charge is -2.12. The van der Waals surface area contributed by atoms with Crippen LogP contribution in [0.15, 0.2) is 121 Å². The molecule has 0 spiro atoms. The Morgan fingerprint density at radius 2 is 1.26 bits per heavy atom. The van der Waals surface area contributed by atoms with Gasteiger partial charge in [-0.1, -0.05) is 91.0 Å². The first-order valence-corrected chi connectivity index (χ1v) is 14.3. The molecule has 2 heteroatoms. The van der Waals surface area contributed by atoms with Gasteiger partial charge in [0, 0.05) is 42.4 Å². The summed E-state index contributed by atoms with van der Waals surface area (Å²) in [5.74, 6) is 0. The molecular weight excluding hydrogens is 490 g/mol. The third-order valence-corrected chi connectivity index (χ3v) is 9.49. The molecule has 0 unspecified atom stereocenters. The van der Waals surface area contributed by atoms with E-state index >= 15 is 0 Å². The van der Waals surface area contributed by atoms with E-state index in [-0.39, 0.29) is 0 Å². The van der Waals surface area contributed by atoms with Crippen molar-refractivity contribution in [2.75, 3.05) is 0 Å². The van der Waals surface area contributed by atoms with Crippen LogP contribution < -0.4 is 0 Å². The Hall–Kier alpha value is -4.66. The summed E-state index contributed by atoms with van der Waals surface area (Å²) < 4.78 is 5.18. The molecule has 1 nitrogen and oxygen atoms in total. The Morgan fingerprint density at radius 1 is 0.564 bits per heavy atom. The summed E-state index contributed by atoms with van der Waals surface area (Å²) >= 11 is 1.89. The standard InChI is InChI=1S/C37H23NS/c1-22-13-16-27-28-17-14-25(21-34(28)39-33(27)19-22)24-15-18-29-32(20-24)38(26-9-3-2-4-10-26)37-31-12-6-8-23-7-5-11-30(35(23)31)36(29)37/h2-21H,1H3. The number of benzene rings is 6.